The molecule has 0 aliphatic heterocycles. The molecule has 6 nitrogen and oxygen atoms in total. The van der Waals surface area contributed by atoms with Crippen molar-refractivity contribution in [1.29, 1.82) is 0 Å². The van der Waals surface area contributed by atoms with Gasteiger partial charge >= 0.3 is 12.1 Å². The van der Waals surface area contributed by atoms with Gasteiger partial charge in [-0.3, -0.25) is 4.79 Å². The van der Waals surface area contributed by atoms with Gasteiger partial charge in [0.15, 0.2) is 0 Å². The number of hydrogen-bond acceptors (Lipinski definition) is 5. The number of ether oxygens (including phenoxy) is 1. The van der Waals surface area contributed by atoms with Gasteiger partial charge in [0.1, 0.15) is 5.60 Å². The summed E-state index contributed by atoms with van der Waals surface area (Å²) in [4.78, 5) is 23.2. The molecule has 8 heteroatoms. The molecule has 0 aliphatic rings. The molecule has 19 heavy (non-hydrogen) atoms. The van der Waals surface area contributed by atoms with Gasteiger partial charge in [0.05, 0.1) is 28.0 Å². The first-order valence-electron chi connectivity index (χ1n) is 5.50. The molecule has 0 saturated carbocycles. The Bertz CT molecular complexity index is 470. The van der Waals surface area contributed by atoms with E-state index in [-0.39, 0.29) is 6.42 Å². The highest BCUT2D eigenvalue weighted by molar-refractivity contribution is 9.10. The van der Waals surface area contributed by atoms with Gasteiger partial charge in [-0.25, -0.2) is 4.79 Å². The van der Waals surface area contributed by atoms with E-state index in [2.05, 4.69) is 25.6 Å². The van der Waals surface area contributed by atoms with Gasteiger partial charge in [-0.2, -0.15) is 4.37 Å². The molecule has 0 aliphatic carbocycles. The zero-order chi connectivity index (χ0) is 14.6. The van der Waals surface area contributed by atoms with Crippen LogP contribution in [0.3, 0.4) is 0 Å². The van der Waals surface area contributed by atoms with Crippen LogP contribution in [0.4, 0.5) is 4.79 Å². The topological polar surface area (TPSA) is 88.5 Å². The van der Waals surface area contributed by atoms with E-state index in [1.165, 1.54) is 0 Å². The molecule has 2 N–H and O–H groups in total. The van der Waals surface area contributed by atoms with E-state index >= 15 is 0 Å². The molecule has 0 fully saturated rings. The number of rotatable bonds is 4. The van der Waals surface area contributed by atoms with E-state index in [0.29, 0.717) is 9.35 Å². The normalized spacial score (nSPS) is 12.8. The summed E-state index contributed by atoms with van der Waals surface area (Å²) in [5, 5.41) is 11.4. The van der Waals surface area contributed by atoms with Crippen LogP contribution in [0.15, 0.2) is 10.7 Å². The van der Waals surface area contributed by atoms with Crippen molar-refractivity contribution in [3.05, 3.63) is 15.5 Å². The van der Waals surface area contributed by atoms with Crippen LogP contribution in [-0.2, 0) is 9.53 Å². The quantitative estimate of drug-likeness (QED) is 0.871. The number of hydrogen-bond donors (Lipinski definition) is 2. The molecule has 0 spiro atoms. The molecule has 1 heterocycles. The summed E-state index contributed by atoms with van der Waals surface area (Å²) in [5.41, 5.74) is -0.636. The van der Waals surface area contributed by atoms with E-state index in [1.54, 1.807) is 27.0 Å². The minimum absolute atomic E-state index is 0.236. The summed E-state index contributed by atoms with van der Waals surface area (Å²) in [6.07, 6.45) is 0.671. The van der Waals surface area contributed by atoms with E-state index in [1.807, 2.05) is 0 Å². The second-order valence-corrected chi connectivity index (χ2v) is 6.52. The zero-order valence-electron chi connectivity index (χ0n) is 10.8. The lowest BCUT2D eigenvalue weighted by atomic mass is 10.2. The first kappa shape index (κ1) is 15.9. The zero-order valence-corrected chi connectivity index (χ0v) is 13.2. The van der Waals surface area contributed by atoms with Crippen LogP contribution in [0.1, 0.15) is 38.1 Å². The van der Waals surface area contributed by atoms with Gasteiger partial charge in [-0.15, -0.1) is 0 Å². The first-order valence-corrected chi connectivity index (χ1v) is 7.07. The van der Waals surface area contributed by atoms with Crippen molar-refractivity contribution in [2.45, 2.75) is 38.8 Å². The summed E-state index contributed by atoms with van der Waals surface area (Å²) < 4.78 is 9.72. The molecule has 1 aromatic heterocycles. The number of carboxylic acids is 1. The highest BCUT2D eigenvalue weighted by atomic mass is 79.9. The number of carbonyl (C=O) groups excluding carboxylic acids is 1. The number of nitrogens with zero attached hydrogens (tertiary/aromatic N) is 1. The highest BCUT2D eigenvalue weighted by Crippen LogP contribution is 2.29. The Morgan fingerprint density at radius 2 is 2.21 bits per heavy atom. The molecular weight excluding hydrogens is 336 g/mol. The summed E-state index contributed by atoms with van der Waals surface area (Å²) >= 11 is 4.40. The van der Waals surface area contributed by atoms with Gasteiger partial charge < -0.3 is 15.2 Å². The first-order chi connectivity index (χ1) is 8.69. The number of amides is 1. The summed E-state index contributed by atoms with van der Waals surface area (Å²) in [6.45, 7) is 5.21. The van der Waals surface area contributed by atoms with Crippen LogP contribution in [0.5, 0.6) is 0 Å². The molecule has 1 atom stereocenters. The lowest BCUT2D eigenvalue weighted by molar-refractivity contribution is -0.137. The maximum Gasteiger partial charge on any atom is 0.408 e. The van der Waals surface area contributed by atoms with Crippen LogP contribution < -0.4 is 5.32 Å². The van der Waals surface area contributed by atoms with Crippen molar-refractivity contribution in [2.75, 3.05) is 0 Å². The number of alkyl carbamates (subject to hydrolysis) is 1. The third-order valence-corrected chi connectivity index (χ3v) is 3.75. The Hall–Kier alpha value is -1.15. The Kier molecular flexibility index (Phi) is 5.30. The fourth-order valence-corrected chi connectivity index (χ4v) is 2.71. The average molecular weight is 351 g/mol. The van der Waals surface area contributed by atoms with E-state index in [0.717, 1.165) is 11.5 Å². The molecule has 106 valence electrons. The largest absolute Gasteiger partial charge is 0.481 e. The molecule has 1 amide bonds. The van der Waals surface area contributed by atoms with Crippen molar-refractivity contribution >= 4 is 39.5 Å². The lowest BCUT2D eigenvalue weighted by Gasteiger charge is -2.22. The SMILES string of the molecule is CC(C)(C)OC(=O)NC(CC(=O)O)c1sncc1Br. The number of nitrogens with one attached hydrogen (secondary N) is 1. The van der Waals surface area contributed by atoms with Crippen LogP contribution in [0.25, 0.3) is 0 Å². The van der Waals surface area contributed by atoms with Crippen molar-refractivity contribution < 1.29 is 19.4 Å². The number of aliphatic carboxylic acids is 1. The summed E-state index contributed by atoms with van der Waals surface area (Å²) in [5.74, 6) is -1.01. The fraction of sp³-hybridized carbons (Fsp3) is 0.545. The molecule has 0 bridgehead atoms. The smallest absolute Gasteiger partial charge is 0.408 e. The fourth-order valence-electron chi connectivity index (χ4n) is 1.30. The molecule has 0 aromatic carbocycles. The number of halogens is 1. The molecular formula is C11H15BrN2O4S. The maximum atomic E-state index is 11.7. The van der Waals surface area contributed by atoms with Gasteiger partial charge in [-0.05, 0) is 48.2 Å². The van der Waals surface area contributed by atoms with Crippen LogP contribution >= 0.6 is 27.5 Å². The van der Waals surface area contributed by atoms with Crippen molar-refractivity contribution in [3.63, 3.8) is 0 Å². The van der Waals surface area contributed by atoms with Gasteiger partial charge in [0.25, 0.3) is 0 Å². The predicted octanol–water partition coefficient (Wildman–Crippen LogP) is 2.95. The molecule has 0 saturated heterocycles. The molecule has 0 radical (unpaired) electrons. The van der Waals surface area contributed by atoms with Crippen molar-refractivity contribution in [3.8, 4) is 0 Å². The second kappa shape index (κ2) is 6.33. The lowest BCUT2D eigenvalue weighted by Crippen LogP contribution is -2.35. The van der Waals surface area contributed by atoms with Crippen molar-refractivity contribution in [1.82, 2.24) is 9.69 Å². The Balaban J connectivity index is 2.79. The predicted molar refractivity (Wildman–Crippen MR) is 74.2 cm³/mol. The van der Waals surface area contributed by atoms with Gasteiger partial charge in [0, 0.05) is 0 Å². The molecule has 1 rings (SSSR count). The van der Waals surface area contributed by atoms with Crippen LogP contribution in [0.2, 0.25) is 0 Å². The third-order valence-electron chi connectivity index (χ3n) is 1.94. The van der Waals surface area contributed by atoms with Crippen LogP contribution in [0, 0.1) is 0 Å². The highest BCUT2D eigenvalue weighted by Gasteiger charge is 2.25. The standard InChI is InChI=1S/C11H15BrN2O4S/c1-11(2,3)18-10(17)14-7(4-8(15)16)9-6(12)5-13-19-9/h5,7H,4H2,1-3H3,(H,14,17)(H,15,16). The Morgan fingerprint density at radius 1 is 1.58 bits per heavy atom. The number of carboxylic acid groups (broad SMARTS) is 1. The van der Waals surface area contributed by atoms with Gasteiger partial charge in [0.2, 0.25) is 0 Å². The van der Waals surface area contributed by atoms with Crippen LogP contribution in [-0.4, -0.2) is 27.1 Å². The van der Waals surface area contributed by atoms with Crippen molar-refractivity contribution in [2.24, 2.45) is 0 Å². The third kappa shape index (κ3) is 5.56. The van der Waals surface area contributed by atoms with E-state index < -0.39 is 23.7 Å². The molecule has 1 unspecified atom stereocenters. The van der Waals surface area contributed by atoms with Gasteiger partial charge in [-0.1, -0.05) is 0 Å². The monoisotopic (exact) mass is 350 g/mol. The number of carbonyl (C=O) groups is 2. The maximum absolute atomic E-state index is 11.7. The second-order valence-electron chi connectivity index (χ2n) is 4.83. The van der Waals surface area contributed by atoms with E-state index in [4.69, 9.17) is 9.84 Å². The molecule has 1 aromatic rings. The Labute approximate surface area is 123 Å². The Morgan fingerprint density at radius 3 is 2.63 bits per heavy atom. The minimum atomic E-state index is -1.01. The summed E-state index contributed by atoms with van der Waals surface area (Å²) in [6, 6.07) is -0.672. The van der Waals surface area contributed by atoms with E-state index in [9.17, 15) is 9.59 Å². The average Bonchev–Trinajstić information content (AvgIpc) is 2.59. The number of aromatic nitrogens is 1. The minimum Gasteiger partial charge on any atom is -0.481 e. The summed E-state index contributed by atoms with van der Waals surface area (Å²) in [7, 11) is 0.